The molecule has 2 heterocycles. The molecular weight excluding hydrogens is 394 g/mol. The molecule has 0 fully saturated rings. The lowest BCUT2D eigenvalue weighted by atomic mass is 10.1. The fourth-order valence-corrected chi connectivity index (χ4v) is 2.04. The molecular formula is C16H10F6N4O2. The van der Waals surface area contributed by atoms with Gasteiger partial charge in [-0.25, -0.2) is 9.97 Å². The van der Waals surface area contributed by atoms with Gasteiger partial charge in [-0.3, -0.25) is 4.79 Å². The molecule has 0 saturated carbocycles. The molecule has 0 spiro atoms. The van der Waals surface area contributed by atoms with Gasteiger partial charge in [0.25, 0.3) is 5.91 Å². The van der Waals surface area contributed by atoms with Gasteiger partial charge in [0.05, 0.1) is 17.7 Å². The summed E-state index contributed by atoms with van der Waals surface area (Å²) in [7, 11) is 0. The summed E-state index contributed by atoms with van der Waals surface area (Å²) in [5.41, 5.74) is -3.67. The number of carbonyl (C=O) groups is 1. The van der Waals surface area contributed by atoms with Crippen LogP contribution in [-0.4, -0.2) is 29.0 Å². The van der Waals surface area contributed by atoms with Crippen LogP contribution in [0.2, 0.25) is 0 Å². The maximum Gasteiger partial charge on any atom is 0.434 e. The molecule has 0 radical (unpaired) electrons. The minimum atomic E-state index is -4.85. The van der Waals surface area contributed by atoms with Crippen LogP contribution in [0.5, 0.6) is 5.88 Å². The van der Waals surface area contributed by atoms with Crippen LogP contribution in [0.25, 0.3) is 0 Å². The van der Waals surface area contributed by atoms with Gasteiger partial charge in [-0.1, -0.05) is 0 Å². The maximum atomic E-state index is 12.8. The minimum absolute atomic E-state index is 0.268. The Kier molecular flexibility index (Phi) is 6.07. The second-order valence-corrected chi connectivity index (χ2v) is 5.19. The predicted octanol–water partition coefficient (Wildman–Crippen LogP) is 3.19. The quantitative estimate of drug-likeness (QED) is 0.611. The van der Waals surface area contributed by atoms with E-state index in [0.717, 1.165) is 18.3 Å². The Hall–Kier alpha value is -3.36. The number of amides is 1. The summed E-state index contributed by atoms with van der Waals surface area (Å²) in [5.74, 6) is -1.55. The average Bonchev–Trinajstić information content (AvgIpc) is 2.63. The number of ether oxygens (including phenoxy) is 1. The molecule has 1 amide bonds. The highest BCUT2D eigenvalue weighted by Crippen LogP contribution is 2.34. The van der Waals surface area contributed by atoms with Crippen molar-refractivity contribution in [2.75, 3.05) is 13.2 Å². The molecule has 0 saturated heterocycles. The van der Waals surface area contributed by atoms with Crippen molar-refractivity contribution in [1.29, 1.82) is 5.26 Å². The number of aromatic nitrogens is 2. The molecule has 0 bridgehead atoms. The third kappa shape index (κ3) is 5.09. The first-order chi connectivity index (χ1) is 13.0. The van der Waals surface area contributed by atoms with Crippen LogP contribution in [0.15, 0.2) is 30.6 Å². The second kappa shape index (κ2) is 8.12. The van der Waals surface area contributed by atoms with Crippen LogP contribution >= 0.6 is 0 Å². The molecule has 148 valence electrons. The predicted molar refractivity (Wildman–Crippen MR) is 81.0 cm³/mol. The Labute approximate surface area is 153 Å². The number of halogens is 6. The van der Waals surface area contributed by atoms with Crippen LogP contribution in [0.3, 0.4) is 0 Å². The van der Waals surface area contributed by atoms with E-state index < -0.39 is 41.0 Å². The summed E-state index contributed by atoms with van der Waals surface area (Å²) in [4.78, 5) is 18.5. The van der Waals surface area contributed by atoms with E-state index in [1.165, 1.54) is 6.07 Å². The highest BCUT2D eigenvalue weighted by Gasteiger charge is 2.36. The number of rotatable bonds is 5. The summed E-state index contributed by atoms with van der Waals surface area (Å²) < 4.78 is 81.3. The molecule has 1 N–H and O–H groups in total. The normalized spacial score (nSPS) is 11.6. The van der Waals surface area contributed by atoms with Crippen molar-refractivity contribution < 1.29 is 35.9 Å². The molecule has 2 rings (SSSR count). The molecule has 0 aromatic carbocycles. The summed E-state index contributed by atoms with van der Waals surface area (Å²) in [6, 6.07) is 3.88. The highest BCUT2D eigenvalue weighted by molar-refractivity contribution is 5.94. The van der Waals surface area contributed by atoms with Crippen molar-refractivity contribution in [1.82, 2.24) is 15.3 Å². The number of pyridine rings is 2. The first-order valence-electron chi connectivity index (χ1n) is 7.44. The molecule has 0 atom stereocenters. The van der Waals surface area contributed by atoms with Gasteiger partial charge in [0.1, 0.15) is 18.2 Å². The molecule has 0 aliphatic heterocycles. The van der Waals surface area contributed by atoms with Gasteiger partial charge >= 0.3 is 12.4 Å². The van der Waals surface area contributed by atoms with Crippen molar-refractivity contribution in [3.63, 3.8) is 0 Å². The lowest BCUT2D eigenvalue weighted by molar-refractivity contribution is -0.141. The van der Waals surface area contributed by atoms with Crippen molar-refractivity contribution >= 4 is 5.91 Å². The van der Waals surface area contributed by atoms with Gasteiger partial charge in [0, 0.05) is 12.4 Å². The summed E-state index contributed by atoms with van der Waals surface area (Å²) in [5, 5.41) is 11.0. The van der Waals surface area contributed by atoms with Crippen molar-refractivity contribution in [2.24, 2.45) is 0 Å². The van der Waals surface area contributed by atoms with E-state index in [0.29, 0.717) is 12.3 Å². The average molecular weight is 404 g/mol. The van der Waals surface area contributed by atoms with E-state index in [4.69, 9.17) is 10.00 Å². The second-order valence-electron chi connectivity index (χ2n) is 5.19. The SMILES string of the molecule is N#Cc1cc(C(=O)NCCOc2ncccc2C(F)(F)F)cnc1C(F)(F)F. The number of carbonyl (C=O) groups excluding carboxylic acids is 1. The molecule has 0 aliphatic carbocycles. The summed E-state index contributed by atoms with van der Waals surface area (Å²) in [6.07, 6.45) is -7.79. The molecule has 12 heteroatoms. The Morgan fingerprint density at radius 3 is 2.50 bits per heavy atom. The van der Waals surface area contributed by atoms with Gasteiger partial charge in [-0.05, 0) is 18.2 Å². The van der Waals surface area contributed by atoms with Gasteiger partial charge in [-0.15, -0.1) is 0 Å². The topological polar surface area (TPSA) is 87.9 Å². The zero-order chi connectivity index (χ0) is 20.9. The molecule has 2 aromatic rings. The fourth-order valence-electron chi connectivity index (χ4n) is 2.04. The van der Waals surface area contributed by atoms with Crippen molar-refractivity contribution in [2.45, 2.75) is 12.4 Å². The minimum Gasteiger partial charge on any atom is -0.475 e. The zero-order valence-corrected chi connectivity index (χ0v) is 13.7. The molecule has 28 heavy (non-hydrogen) atoms. The Morgan fingerprint density at radius 2 is 1.89 bits per heavy atom. The number of hydrogen-bond donors (Lipinski definition) is 1. The van der Waals surface area contributed by atoms with Crippen molar-refractivity contribution in [3.8, 4) is 11.9 Å². The van der Waals surface area contributed by atoms with Crippen LogP contribution < -0.4 is 10.1 Å². The molecule has 0 unspecified atom stereocenters. The maximum absolute atomic E-state index is 12.8. The third-order valence-corrected chi connectivity index (χ3v) is 3.24. The highest BCUT2D eigenvalue weighted by atomic mass is 19.4. The van der Waals surface area contributed by atoms with E-state index in [1.807, 2.05) is 0 Å². The number of alkyl halides is 6. The number of hydrogen-bond acceptors (Lipinski definition) is 5. The Morgan fingerprint density at radius 1 is 1.18 bits per heavy atom. The summed E-state index contributed by atoms with van der Waals surface area (Å²) >= 11 is 0. The standard InChI is InChI=1S/C16H10F6N4O2/c17-15(18,19)11-2-1-3-25-14(11)28-5-4-24-13(27)10-6-9(7-23)12(26-8-10)16(20,21)22/h1-3,6,8H,4-5H2,(H,24,27). The van der Waals surface area contributed by atoms with Crippen molar-refractivity contribution in [3.05, 3.63) is 53.0 Å². The smallest absolute Gasteiger partial charge is 0.434 e. The molecule has 6 nitrogen and oxygen atoms in total. The third-order valence-electron chi connectivity index (χ3n) is 3.24. The van der Waals surface area contributed by atoms with Gasteiger partial charge in [-0.2, -0.15) is 31.6 Å². The first-order valence-corrected chi connectivity index (χ1v) is 7.44. The molecule has 0 aliphatic rings. The Balaban J connectivity index is 1.98. The first kappa shape index (κ1) is 20.9. The van der Waals surface area contributed by atoms with Crippen LogP contribution in [0.4, 0.5) is 26.3 Å². The van der Waals surface area contributed by atoms with Crippen LogP contribution in [0, 0.1) is 11.3 Å². The van der Waals surface area contributed by atoms with Gasteiger partial charge in [0.15, 0.2) is 5.69 Å². The van der Waals surface area contributed by atoms with E-state index in [9.17, 15) is 31.1 Å². The summed E-state index contributed by atoms with van der Waals surface area (Å²) in [6.45, 7) is -0.652. The van der Waals surface area contributed by atoms with E-state index >= 15 is 0 Å². The van der Waals surface area contributed by atoms with E-state index in [2.05, 4.69) is 15.3 Å². The fraction of sp³-hybridized carbons (Fsp3) is 0.250. The number of nitrogens with zero attached hydrogens (tertiary/aromatic N) is 3. The monoisotopic (exact) mass is 404 g/mol. The largest absolute Gasteiger partial charge is 0.475 e. The zero-order valence-electron chi connectivity index (χ0n) is 13.7. The Bertz CT molecular complexity index is 905. The van der Waals surface area contributed by atoms with Gasteiger partial charge < -0.3 is 10.1 Å². The number of nitriles is 1. The lowest BCUT2D eigenvalue weighted by Crippen LogP contribution is -2.29. The van der Waals surface area contributed by atoms with Crippen LogP contribution in [0.1, 0.15) is 27.2 Å². The number of nitrogens with one attached hydrogen (secondary N) is 1. The van der Waals surface area contributed by atoms with E-state index in [1.54, 1.807) is 0 Å². The van der Waals surface area contributed by atoms with Crippen LogP contribution in [-0.2, 0) is 12.4 Å². The lowest BCUT2D eigenvalue weighted by Gasteiger charge is -2.13. The van der Waals surface area contributed by atoms with Gasteiger partial charge in [0.2, 0.25) is 5.88 Å². The van der Waals surface area contributed by atoms with E-state index in [-0.39, 0.29) is 18.7 Å². The molecule has 2 aromatic heterocycles.